The van der Waals surface area contributed by atoms with Gasteiger partial charge in [-0.1, -0.05) is 239 Å². The molecule has 1 aliphatic rings. The molecule has 0 radical (unpaired) electrons. The van der Waals surface area contributed by atoms with Gasteiger partial charge in [-0.15, -0.1) is 0 Å². The van der Waals surface area contributed by atoms with E-state index < -0.39 is 36.7 Å². The van der Waals surface area contributed by atoms with Crippen LogP contribution in [0.15, 0.2) is 0 Å². The van der Waals surface area contributed by atoms with Gasteiger partial charge in [-0.05, 0) is 12.8 Å². The summed E-state index contributed by atoms with van der Waals surface area (Å²) in [6, 6.07) is -0.621. The molecule has 0 aliphatic carbocycles. The fraction of sp³-hybridized carbons (Fsp3) is 0.980. The van der Waals surface area contributed by atoms with Gasteiger partial charge >= 0.3 is 0 Å². The summed E-state index contributed by atoms with van der Waals surface area (Å²) in [6.45, 7) is 4.16. The molecule has 0 aromatic rings. The van der Waals surface area contributed by atoms with E-state index >= 15 is 0 Å². The molecular weight excluding hydrogens is 727 g/mol. The number of ether oxygens (including phenoxy) is 2. The summed E-state index contributed by atoms with van der Waals surface area (Å²) >= 11 is 0. The number of unbranched alkanes of at least 4 members (excludes halogenated alkanes) is 34. The Morgan fingerprint density at radius 1 is 0.552 bits per heavy atom. The second kappa shape index (κ2) is 41.6. The number of carbonyl (C=O) groups is 1. The molecule has 0 spiro atoms. The van der Waals surface area contributed by atoms with E-state index in [1.54, 1.807) is 0 Å². The van der Waals surface area contributed by atoms with Gasteiger partial charge in [0.25, 0.3) is 0 Å². The van der Waals surface area contributed by atoms with Crippen LogP contribution in [0.3, 0.4) is 0 Å². The minimum absolute atomic E-state index is 0.0132. The first-order chi connectivity index (χ1) is 28.4. The Kier molecular flexibility index (Phi) is 39.6. The molecule has 346 valence electrons. The maximum absolute atomic E-state index is 13.0. The minimum atomic E-state index is -1.05. The maximum atomic E-state index is 13.0. The number of aliphatic hydroxyl groups excluding tert-OH is 4. The number of rotatable bonds is 44. The summed E-state index contributed by atoms with van der Waals surface area (Å²) in [5.74, 6) is -0.0877. The Morgan fingerprint density at radius 3 is 1.26 bits per heavy atom. The van der Waals surface area contributed by atoms with E-state index in [1.807, 2.05) is 0 Å². The highest BCUT2D eigenvalue weighted by atomic mass is 16.7. The van der Waals surface area contributed by atoms with Crippen molar-refractivity contribution in [3.63, 3.8) is 0 Å². The molecule has 6 atom stereocenters. The predicted octanol–water partition coefficient (Wildman–Crippen LogP) is 12.5. The smallest absolute Gasteiger partial charge is 0.220 e. The van der Waals surface area contributed by atoms with Crippen LogP contribution in [0.4, 0.5) is 0 Å². The molecule has 0 bridgehead atoms. The summed E-state index contributed by atoms with van der Waals surface area (Å²) in [5, 5.41) is 44.2. The van der Waals surface area contributed by atoms with E-state index in [1.165, 1.54) is 193 Å². The van der Waals surface area contributed by atoms with Crippen molar-refractivity contribution in [1.29, 1.82) is 0 Å². The standard InChI is InChI=1S/C50H99NO7/c1-3-5-7-9-11-13-15-17-18-19-20-21-22-23-24-25-26-28-30-32-34-36-38-40-49(56)51-44(43-57-50-47(55)41-46(54)48(42-52)58-50)45(53)39-37-35-33-31-29-27-16-14-12-10-8-6-4-2/h44-48,50,52-55H,3-43H2,1-2H3,(H,51,56)/t44-,45+,46+,47+,48+,50-/m0/s1. The summed E-state index contributed by atoms with van der Waals surface area (Å²) < 4.78 is 11.5. The lowest BCUT2D eigenvalue weighted by Crippen LogP contribution is -2.52. The summed E-state index contributed by atoms with van der Waals surface area (Å²) in [7, 11) is 0. The van der Waals surface area contributed by atoms with Crippen LogP contribution in [0.5, 0.6) is 0 Å². The van der Waals surface area contributed by atoms with Crippen LogP contribution in [0.2, 0.25) is 0 Å². The molecular formula is C50H99NO7. The van der Waals surface area contributed by atoms with Crippen LogP contribution in [0.25, 0.3) is 0 Å². The van der Waals surface area contributed by atoms with E-state index in [2.05, 4.69) is 19.2 Å². The second-order valence-electron chi connectivity index (χ2n) is 18.2. The lowest BCUT2D eigenvalue weighted by molar-refractivity contribution is -0.272. The SMILES string of the molecule is CCCCCCCCCCCCCCCCCCCCCCCCCC(=O)N[C@@H](CO[C@H]1O[C@H](CO)[C@H](O)C[C@H]1O)[C@H](O)CCCCCCCCCCCCCCC. The topological polar surface area (TPSA) is 128 Å². The first-order valence-electron chi connectivity index (χ1n) is 25.6. The van der Waals surface area contributed by atoms with Gasteiger partial charge < -0.3 is 35.2 Å². The van der Waals surface area contributed by atoms with Gasteiger partial charge in [-0.25, -0.2) is 0 Å². The molecule has 1 fully saturated rings. The zero-order valence-electron chi connectivity index (χ0n) is 38.5. The lowest BCUT2D eigenvalue weighted by atomic mass is 10.0. The molecule has 0 aromatic carbocycles. The van der Waals surface area contributed by atoms with Crippen LogP contribution in [-0.2, 0) is 14.3 Å². The van der Waals surface area contributed by atoms with E-state index in [0.717, 1.165) is 38.5 Å². The number of amides is 1. The van der Waals surface area contributed by atoms with E-state index in [-0.39, 0.29) is 25.5 Å². The Morgan fingerprint density at radius 2 is 0.897 bits per heavy atom. The second-order valence-corrected chi connectivity index (χ2v) is 18.2. The van der Waals surface area contributed by atoms with Gasteiger partial charge in [0.05, 0.1) is 31.5 Å². The molecule has 0 aromatic heterocycles. The minimum Gasteiger partial charge on any atom is -0.394 e. The Balaban J connectivity index is 2.17. The average molecular weight is 826 g/mol. The molecule has 1 heterocycles. The highest BCUT2D eigenvalue weighted by molar-refractivity contribution is 5.76. The summed E-state index contributed by atoms with van der Waals surface area (Å²) in [5.41, 5.74) is 0. The molecule has 0 unspecified atom stereocenters. The quantitative estimate of drug-likeness (QED) is 0.0387. The first kappa shape index (κ1) is 55.2. The molecule has 8 heteroatoms. The van der Waals surface area contributed by atoms with Crippen molar-refractivity contribution in [2.75, 3.05) is 13.2 Å². The number of nitrogens with one attached hydrogen (secondary N) is 1. The van der Waals surface area contributed by atoms with Crippen LogP contribution >= 0.6 is 0 Å². The van der Waals surface area contributed by atoms with Crippen molar-refractivity contribution in [3.05, 3.63) is 0 Å². The van der Waals surface area contributed by atoms with E-state index in [9.17, 15) is 25.2 Å². The largest absolute Gasteiger partial charge is 0.394 e. The Bertz CT molecular complexity index is 862. The van der Waals surface area contributed by atoms with Gasteiger partial charge in [-0.3, -0.25) is 4.79 Å². The average Bonchev–Trinajstić information content (AvgIpc) is 3.21. The molecule has 1 amide bonds. The molecule has 5 N–H and O–H groups in total. The van der Waals surface area contributed by atoms with Crippen LogP contribution < -0.4 is 5.32 Å². The number of hydrogen-bond donors (Lipinski definition) is 5. The van der Waals surface area contributed by atoms with Crippen molar-refractivity contribution in [2.24, 2.45) is 0 Å². The van der Waals surface area contributed by atoms with Gasteiger partial charge in [0.1, 0.15) is 12.2 Å². The van der Waals surface area contributed by atoms with Crippen molar-refractivity contribution in [2.45, 2.75) is 301 Å². The number of aliphatic hydroxyl groups is 4. The predicted molar refractivity (Wildman–Crippen MR) is 243 cm³/mol. The Hall–Kier alpha value is -0.770. The van der Waals surface area contributed by atoms with Crippen molar-refractivity contribution < 1.29 is 34.7 Å². The van der Waals surface area contributed by atoms with Gasteiger partial charge in [0.2, 0.25) is 5.91 Å². The van der Waals surface area contributed by atoms with Gasteiger partial charge in [0, 0.05) is 12.8 Å². The zero-order valence-corrected chi connectivity index (χ0v) is 38.5. The van der Waals surface area contributed by atoms with Gasteiger partial charge in [0.15, 0.2) is 6.29 Å². The molecule has 58 heavy (non-hydrogen) atoms. The third kappa shape index (κ3) is 32.9. The summed E-state index contributed by atoms with van der Waals surface area (Å²) in [6.07, 6.45) is 43.6. The van der Waals surface area contributed by atoms with Crippen molar-refractivity contribution in [1.82, 2.24) is 5.32 Å². The fourth-order valence-electron chi connectivity index (χ4n) is 8.55. The van der Waals surface area contributed by atoms with Crippen molar-refractivity contribution >= 4 is 5.91 Å². The molecule has 1 saturated heterocycles. The third-order valence-corrected chi connectivity index (χ3v) is 12.6. The lowest BCUT2D eigenvalue weighted by Gasteiger charge is -2.37. The first-order valence-corrected chi connectivity index (χ1v) is 25.6. The molecule has 1 rings (SSSR count). The van der Waals surface area contributed by atoms with Crippen LogP contribution in [0, 0.1) is 0 Å². The molecule has 1 aliphatic heterocycles. The van der Waals surface area contributed by atoms with Crippen LogP contribution in [-0.4, -0.2) is 76.3 Å². The summed E-state index contributed by atoms with van der Waals surface area (Å²) in [4.78, 5) is 13.0. The molecule has 0 saturated carbocycles. The molecule has 8 nitrogen and oxygen atoms in total. The van der Waals surface area contributed by atoms with E-state index in [0.29, 0.717) is 12.8 Å². The highest BCUT2D eigenvalue weighted by Crippen LogP contribution is 2.23. The number of carbonyl (C=O) groups excluding carboxylic acids is 1. The van der Waals surface area contributed by atoms with Crippen molar-refractivity contribution in [3.8, 4) is 0 Å². The monoisotopic (exact) mass is 826 g/mol. The highest BCUT2D eigenvalue weighted by Gasteiger charge is 2.37. The maximum Gasteiger partial charge on any atom is 0.220 e. The fourth-order valence-corrected chi connectivity index (χ4v) is 8.55. The zero-order chi connectivity index (χ0) is 42.2. The van der Waals surface area contributed by atoms with Crippen LogP contribution in [0.1, 0.15) is 264 Å². The number of hydrogen-bond acceptors (Lipinski definition) is 7. The third-order valence-electron chi connectivity index (χ3n) is 12.6. The van der Waals surface area contributed by atoms with E-state index in [4.69, 9.17) is 9.47 Å². The Labute approximate surface area is 359 Å². The normalized spacial score (nSPS) is 19.4. The van der Waals surface area contributed by atoms with Gasteiger partial charge in [-0.2, -0.15) is 0 Å².